The van der Waals surface area contributed by atoms with E-state index in [1.54, 1.807) is 12.3 Å². The van der Waals surface area contributed by atoms with Crippen LogP contribution < -0.4 is 16.0 Å². The van der Waals surface area contributed by atoms with Crippen LogP contribution in [0.5, 0.6) is 0 Å². The lowest BCUT2D eigenvalue weighted by Crippen LogP contribution is -2.45. The van der Waals surface area contributed by atoms with Crippen LogP contribution >= 0.6 is 23.2 Å². The quantitative estimate of drug-likeness (QED) is 0.312. The van der Waals surface area contributed by atoms with Gasteiger partial charge in [-0.3, -0.25) is 0 Å². The summed E-state index contributed by atoms with van der Waals surface area (Å²) in [6, 6.07) is 5.67. The Morgan fingerprint density at radius 1 is 1.03 bits per heavy atom. The van der Waals surface area contributed by atoms with E-state index in [0.717, 1.165) is 71.2 Å². The molecule has 3 heterocycles. The Labute approximate surface area is 231 Å². The molecule has 38 heavy (non-hydrogen) atoms. The maximum Gasteiger partial charge on any atom is 0.415 e. The van der Waals surface area contributed by atoms with Gasteiger partial charge in [0, 0.05) is 57.3 Å². The Morgan fingerprint density at radius 2 is 1.74 bits per heavy atom. The van der Waals surface area contributed by atoms with Gasteiger partial charge in [0.15, 0.2) is 6.10 Å². The van der Waals surface area contributed by atoms with Gasteiger partial charge in [0.05, 0.1) is 15.7 Å². The fourth-order valence-electron chi connectivity index (χ4n) is 4.89. The third-order valence-electron chi connectivity index (χ3n) is 7.19. The largest absolute Gasteiger partial charge is 0.415 e. The number of nitrogens with one attached hydrogen (secondary N) is 3. The summed E-state index contributed by atoms with van der Waals surface area (Å²) in [5.74, 6) is 1.92. The van der Waals surface area contributed by atoms with Crippen LogP contribution in [0.4, 0.5) is 24.8 Å². The predicted molar refractivity (Wildman–Crippen MR) is 144 cm³/mol. The topological polar surface area (TPSA) is 80.3 Å². The third-order valence-corrected chi connectivity index (χ3v) is 7.80. The number of nitrogens with zero attached hydrogens (tertiary/aromatic N) is 2. The molecule has 0 amide bonds. The van der Waals surface area contributed by atoms with Crippen LogP contribution in [-0.4, -0.2) is 67.7 Å². The van der Waals surface area contributed by atoms with Crippen LogP contribution in [-0.2, 0) is 9.47 Å². The summed E-state index contributed by atoms with van der Waals surface area (Å²) >= 11 is 13.0. The van der Waals surface area contributed by atoms with E-state index in [1.165, 1.54) is 0 Å². The molecule has 0 spiro atoms. The highest BCUT2D eigenvalue weighted by atomic mass is 35.5. The molecule has 2 aliphatic rings. The van der Waals surface area contributed by atoms with Crippen molar-refractivity contribution in [1.29, 1.82) is 0 Å². The van der Waals surface area contributed by atoms with Crippen molar-refractivity contribution in [2.75, 3.05) is 44.0 Å². The smallest absolute Gasteiger partial charge is 0.381 e. The van der Waals surface area contributed by atoms with Crippen molar-refractivity contribution in [3.63, 3.8) is 0 Å². The number of hydrogen-bond acceptors (Lipinski definition) is 7. The minimum Gasteiger partial charge on any atom is -0.381 e. The molecule has 3 N–H and O–H groups in total. The minimum absolute atomic E-state index is 0.0150. The van der Waals surface area contributed by atoms with Gasteiger partial charge in [-0.2, -0.15) is 13.2 Å². The summed E-state index contributed by atoms with van der Waals surface area (Å²) in [6.45, 7) is 2.15. The Balaban J connectivity index is 1.34. The molecule has 210 valence electrons. The van der Waals surface area contributed by atoms with Crippen LogP contribution in [0, 0.1) is 5.92 Å². The standard InChI is InChI=1S/C26H34Cl2F3N5O2/c1-37-22(26(29,30)31)15-32-17-2-4-18(5-3-17)35-24-12-19(21(28)14-34-24)25-20(27)6-7-23(36-25)33-13-16-8-10-38-11-9-16/h6-7,12,14,16-18,22,32H,2-5,8-11,13,15H2,1H3,(H,33,36)(H,34,35). The first-order chi connectivity index (χ1) is 18.2. The summed E-state index contributed by atoms with van der Waals surface area (Å²) in [5.41, 5.74) is 1.25. The monoisotopic (exact) mass is 575 g/mol. The fraction of sp³-hybridized carbons (Fsp3) is 0.615. The Morgan fingerprint density at radius 3 is 2.42 bits per heavy atom. The van der Waals surface area contributed by atoms with Gasteiger partial charge in [-0.15, -0.1) is 0 Å². The molecule has 0 radical (unpaired) electrons. The molecule has 1 saturated heterocycles. The first kappa shape index (κ1) is 29.1. The normalized spacial score (nSPS) is 21.7. The number of alkyl halides is 3. The molecular weight excluding hydrogens is 542 g/mol. The number of halogens is 5. The molecule has 1 aliphatic heterocycles. The highest BCUT2D eigenvalue weighted by Crippen LogP contribution is 2.34. The lowest BCUT2D eigenvalue weighted by Gasteiger charge is -2.31. The number of hydrogen-bond donors (Lipinski definition) is 3. The molecule has 1 saturated carbocycles. The average Bonchev–Trinajstić information content (AvgIpc) is 2.90. The van der Waals surface area contributed by atoms with Gasteiger partial charge in [0.25, 0.3) is 0 Å². The van der Waals surface area contributed by atoms with Gasteiger partial charge in [-0.25, -0.2) is 9.97 Å². The molecule has 0 aromatic carbocycles. The predicted octanol–water partition coefficient (Wildman–Crippen LogP) is 6.18. The molecular formula is C26H34Cl2F3N5O2. The summed E-state index contributed by atoms with van der Waals surface area (Å²) in [6.07, 6.45) is 0.547. The van der Waals surface area contributed by atoms with Crippen molar-refractivity contribution in [2.24, 2.45) is 5.92 Å². The van der Waals surface area contributed by atoms with E-state index in [0.29, 0.717) is 33.0 Å². The molecule has 2 fully saturated rings. The molecule has 2 aromatic heterocycles. The number of ether oxygens (including phenoxy) is 2. The summed E-state index contributed by atoms with van der Waals surface area (Å²) in [7, 11) is 1.08. The first-order valence-corrected chi connectivity index (χ1v) is 13.7. The average molecular weight is 576 g/mol. The first-order valence-electron chi connectivity index (χ1n) is 13.0. The second kappa shape index (κ2) is 13.5. The van der Waals surface area contributed by atoms with Crippen LogP contribution in [0.15, 0.2) is 24.4 Å². The van der Waals surface area contributed by atoms with Gasteiger partial charge in [-0.1, -0.05) is 23.2 Å². The molecule has 2 aromatic rings. The van der Waals surface area contributed by atoms with Crippen LogP contribution in [0.1, 0.15) is 38.5 Å². The lowest BCUT2D eigenvalue weighted by atomic mass is 9.91. The van der Waals surface area contributed by atoms with E-state index in [2.05, 4.69) is 25.7 Å². The number of methoxy groups -OCH3 is 1. The number of pyridine rings is 2. The molecule has 12 heteroatoms. The van der Waals surface area contributed by atoms with E-state index in [4.69, 9.17) is 32.9 Å². The number of aromatic nitrogens is 2. The Hall–Kier alpha value is -1.85. The number of anilines is 2. The van der Waals surface area contributed by atoms with Crippen LogP contribution in [0.25, 0.3) is 11.3 Å². The van der Waals surface area contributed by atoms with Crippen molar-refractivity contribution >= 4 is 34.8 Å². The highest BCUT2D eigenvalue weighted by Gasteiger charge is 2.40. The molecule has 1 aliphatic carbocycles. The van der Waals surface area contributed by atoms with E-state index in [9.17, 15) is 13.2 Å². The van der Waals surface area contributed by atoms with Gasteiger partial charge in [0.1, 0.15) is 11.6 Å². The zero-order chi connectivity index (χ0) is 27.1. The lowest BCUT2D eigenvalue weighted by molar-refractivity contribution is -0.211. The van der Waals surface area contributed by atoms with E-state index in [-0.39, 0.29) is 18.6 Å². The van der Waals surface area contributed by atoms with Gasteiger partial charge in [0.2, 0.25) is 0 Å². The summed E-state index contributed by atoms with van der Waals surface area (Å²) < 4.78 is 48.7. The van der Waals surface area contributed by atoms with E-state index in [1.807, 2.05) is 12.1 Å². The maximum absolute atomic E-state index is 12.9. The molecule has 4 rings (SSSR count). The van der Waals surface area contributed by atoms with Crippen molar-refractivity contribution in [3.8, 4) is 11.3 Å². The maximum atomic E-state index is 12.9. The second-order valence-electron chi connectivity index (χ2n) is 9.88. The Kier molecular flexibility index (Phi) is 10.3. The molecule has 1 unspecified atom stereocenters. The van der Waals surface area contributed by atoms with Gasteiger partial charge < -0.3 is 25.4 Å². The summed E-state index contributed by atoms with van der Waals surface area (Å²) in [5, 5.41) is 10.8. The number of rotatable bonds is 10. The second-order valence-corrected chi connectivity index (χ2v) is 10.7. The fourth-order valence-corrected chi connectivity index (χ4v) is 5.29. The third kappa shape index (κ3) is 8.08. The van der Waals surface area contributed by atoms with Gasteiger partial charge in [-0.05, 0) is 62.6 Å². The van der Waals surface area contributed by atoms with Crippen LogP contribution in [0.3, 0.4) is 0 Å². The van der Waals surface area contributed by atoms with Crippen molar-refractivity contribution in [2.45, 2.75) is 62.9 Å². The van der Waals surface area contributed by atoms with Crippen molar-refractivity contribution in [1.82, 2.24) is 15.3 Å². The highest BCUT2D eigenvalue weighted by molar-refractivity contribution is 6.36. The van der Waals surface area contributed by atoms with Gasteiger partial charge >= 0.3 is 6.18 Å². The van der Waals surface area contributed by atoms with Crippen LogP contribution in [0.2, 0.25) is 10.0 Å². The van der Waals surface area contributed by atoms with Crippen molar-refractivity contribution in [3.05, 3.63) is 34.4 Å². The van der Waals surface area contributed by atoms with Crippen molar-refractivity contribution < 1.29 is 22.6 Å². The van der Waals surface area contributed by atoms with E-state index >= 15 is 0 Å². The Bertz CT molecular complexity index is 1050. The molecule has 0 bridgehead atoms. The summed E-state index contributed by atoms with van der Waals surface area (Å²) in [4.78, 5) is 9.16. The molecule has 1 atom stereocenters. The van der Waals surface area contributed by atoms with E-state index < -0.39 is 12.3 Å². The zero-order valence-electron chi connectivity index (χ0n) is 21.3. The zero-order valence-corrected chi connectivity index (χ0v) is 22.8. The SMILES string of the molecule is COC(CNC1CCC(Nc2cc(-c3nc(NCC4CCOCC4)ccc3Cl)c(Cl)cn2)CC1)C(F)(F)F. The minimum atomic E-state index is -4.38. The molecule has 7 nitrogen and oxygen atoms in total.